The molecule has 6 heteroatoms. The van der Waals surface area contributed by atoms with Gasteiger partial charge in [0.25, 0.3) is 0 Å². The van der Waals surface area contributed by atoms with Crippen molar-refractivity contribution in [3.05, 3.63) is 51.4 Å². The lowest BCUT2D eigenvalue weighted by atomic mass is 10.3. The smallest absolute Gasteiger partial charge is 0.126 e. The Morgan fingerprint density at radius 2 is 2.11 bits per heavy atom. The van der Waals surface area contributed by atoms with Crippen LogP contribution in [-0.2, 0) is 0 Å². The molecule has 0 amide bonds. The summed E-state index contributed by atoms with van der Waals surface area (Å²) < 4.78 is 2.80. The first-order valence-electron chi connectivity index (χ1n) is 5.50. The summed E-state index contributed by atoms with van der Waals surface area (Å²) in [7, 11) is 0. The molecule has 3 nitrogen and oxygen atoms in total. The Kier molecular flexibility index (Phi) is 3.35. The van der Waals surface area contributed by atoms with Crippen LogP contribution in [-0.4, -0.2) is 9.78 Å². The van der Waals surface area contributed by atoms with Crippen molar-refractivity contribution in [2.45, 2.75) is 0 Å². The van der Waals surface area contributed by atoms with Crippen LogP contribution >= 0.6 is 38.9 Å². The van der Waals surface area contributed by atoms with Gasteiger partial charge in [-0.25, -0.2) is 4.68 Å². The van der Waals surface area contributed by atoms with Crippen LogP contribution in [0.5, 0.6) is 0 Å². The van der Waals surface area contributed by atoms with E-state index in [1.54, 1.807) is 22.2 Å². The second kappa shape index (κ2) is 5.00. The molecule has 96 valence electrons. The van der Waals surface area contributed by atoms with E-state index in [1.165, 1.54) is 0 Å². The van der Waals surface area contributed by atoms with E-state index < -0.39 is 0 Å². The highest BCUT2D eigenvalue weighted by molar-refractivity contribution is 9.11. The average Bonchev–Trinajstić information content (AvgIpc) is 2.95. The number of nitrogens with zero attached hydrogens (tertiary/aromatic N) is 2. The number of aromatic nitrogens is 2. The summed E-state index contributed by atoms with van der Waals surface area (Å²) in [5, 5.41) is 5.20. The molecule has 0 saturated heterocycles. The van der Waals surface area contributed by atoms with Crippen molar-refractivity contribution < 1.29 is 0 Å². The quantitative estimate of drug-likeness (QED) is 0.731. The summed E-state index contributed by atoms with van der Waals surface area (Å²) in [5.74, 6) is 0. The van der Waals surface area contributed by atoms with Crippen LogP contribution in [0.3, 0.4) is 0 Å². The predicted octanol–water partition coefficient (Wildman–Crippen LogP) is 4.60. The number of hydrogen-bond donors (Lipinski definition) is 1. The van der Waals surface area contributed by atoms with Gasteiger partial charge in [-0.2, -0.15) is 5.10 Å². The van der Waals surface area contributed by atoms with Crippen LogP contribution in [0.25, 0.3) is 16.3 Å². The molecule has 2 aromatic heterocycles. The van der Waals surface area contributed by atoms with Gasteiger partial charge >= 0.3 is 0 Å². The van der Waals surface area contributed by atoms with Crippen LogP contribution in [0.15, 0.2) is 46.4 Å². The fourth-order valence-electron chi connectivity index (χ4n) is 1.77. The number of nitrogen functional groups attached to an aromatic ring is 1. The van der Waals surface area contributed by atoms with Crippen molar-refractivity contribution >= 4 is 44.6 Å². The largest absolute Gasteiger partial charge is 0.396 e. The molecule has 2 heterocycles. The molecule has 3 rings (SSSR count). The van der Waals surface area contributed by atoms with Crippen LogP contribution in [0.2, 0.25) is 5.02 Å². The topological polar surface area (TPSA) is 43.8 Å². The van der Waals surface area contributed by atoms with Gasteiger partial charge in [0.15, 0.2) is 0 Å². The maximum atomic E-state index is 6.03. The van der Waals surface area contributed by atoms with E-state index in [0.29, 0.717) is 10.7 Å². The van der Waals surface area contributed by atoms with Gasteiger partial charge in [-0.1, -0.05) is 17.7 Å². The summed E-state index contributed by atoms with van der Waals surface area (Å²) in [4.78, 5) is 1.03. The third kappa shape index (κ3) is 2.54. The maximum Gasteiger partial charge on any atom is 0.126 e. The highest BCUT2D eigenvalue weighted by Crippen LogP contribution is 2.34. The second-order valence-corrected chi connectivity index (χ2v) is 6.86. The zero-order chi connectivity index (χ0) is 13.4. The molecule has 0 aliphatic heterocycles. The van der Waals surface area contributed by atoms with Gasteiger partial charge in [0.2, 0.25) is 0 Å². The molecule has 3 aromatic rings. The second-order valence-electron chi connectivity index (χ2n) is 3.96. The molecule has 0 fully saturated rings. The van der Waals surface area contributed by atoms with Crippen molar-refractivity contribution in [2.24, 2.45) is 0 Å². The molecule has 2 N–H and O–H groups in total. The zero-order valence-corrected chi connectivity index (χ0v) is 12.8. The molecule has 0 unspecified atom stereocenters. The first-order valence-corrected chi connectivity index (χ1v) is 7.49. The van der Waals surface area contributed by atoms with Gasteiger partial charge in [-0.05, 0) is 46.3 Å². The van der Waals surface area contributed by atoms with Crippen molar-refractivity contribution in [1.82, 2.24) is 9.78 Å². The van der Waals surface area contributed by atoms with Crippen molar-refractivity contribution in [3.8, 4) is 16.3 Å². The van der Waals surface area contributed by atoms with E-state index >= 15 is 0 Å². The molecular weight excluding hydrogens is 346 g/mol. The van der Waals surface area contributed by atoms with Gasteiger partial charge in [0, 0.05) is 5.02 Å². The van der Waals surface area contributed by atoms with Gasteiger partial charge < -0.3 is 5.73 Å². The predicted molar refractivity (Wildman–Crippen MR) is 84.0 cm³/mol. The Balaban J connectivity index is 2.06. The summed E-state index contributed by atoms with van der Waals surface area (Å²) in [6.07, 6.45) is 1.80. The number of rotatable bonds is 2. The zero-order valence-electron chi connectivity index (χ0n) is 9.68. The fourth-order valence-corrected chi connectivity index (χ4v) is 3.35. The minimum absolute atomic E-state index is 0.648. The molecule has 1 aromatic carbocycles. The van der Waals surface area contributed by atoms with Gasteiger partial charge in [-0.15, -0.1) is 11.3 Å². The first kappa shape index (κ1) is 12.7. The molecule has 0 atom stereocenters. The van der Waals surface area contributed by atoms with E-state index in [2.05, 4.69) is 21.0 Å². The highest BCUT2D eigenvalue weighted by atomic mass is 79.9. The van der Waals surface area contributed by atoms with Crippen molar-refractivity contribution in [2.75, 3.05) is 5.73 Å². The molecule has 19 heavy (non-hydrogen) atoms. The normalized spacial score (nSPS) is 10.8. The molecule has 0 saturated carbocycles. The molecule has 0 aliphatic carbocycles. The average molecular weight is 355 g/mol. The highest BCUT2D eigenvalue weighted by Gasteiger charge is 2.11. The van der Waals surface area contributed by atoms with Gasteiger partial charge in [0.1, 0.15) is 5.69 Å². The Morgan fingerprint density at radius 3 is 2.79 bits per heavy atom. The van der Waals surface area contributed by atoms with Crippen LogP contribution in [0.1, 0.15) is 0 Å². The van der Waals surface area contributed by atoms with E-state index in [-0.39, 0.29) is 0 Å². The summed E-state index contributed by atoms with van der Waals surface area (Å²) in [6.45, 7) is 0. The van der Waals surface area contributed by atoms with Crippen LogP contribution in [0, 0.1) is 0 Å². The number of benzene rings is 1. The summed E-state index contributed by atoms with van der Waals surface area (Å²) in [5.41, 5.74) is 8.36. The molecule has 0 aliphatic rings. The van der Waals surface area contributed by atoms with E-state index in [0.717, 1.165) is 20.0 Å². The van der Waals surface area contributed by atoms with Gasteiger partial charge in [-0.3, -0.25) is 0 Å². The maximum absolute atomic E-state index is 6.03. The summed E-state index contributed by atoms with van der Waals surface area (Å²) in [6, 6.07) is 11.5. The van der Waals surface area contributed by atoms with Gasteiger partial charge in [0.05, 0.1) is 26.2 Å². The lowest BCUT2D eigenvalue weighted by Gasteiger charge is -2.00. The van der Waals surface area contributed by atoms with E-state index in [1.807, 2.05) is 36.4 Å². The number of halogens is 2. The van der Waals surface area contributed by atoms with Crippen LogP contribution < -0.4 is 5.73 Å². The minimum atomic E-state index is 0.648. The number of nitrogens with two attached hydrogens (primary N) is 1. The molecule has 0 bridgehead atoms. The number of anilines is 1. The monoisotopic (exact) mass is 353 g/mol. The fraction of sp³-hybridized carbons (Fsp3) is 0. The third-order valence-electron chi connectivity index (χ3n) is 2.62. The molecule has 0 radical (unpaired) electrons. The SMILES string of the molecule is Nc1cn(-c2cccc(Cl)c2)nc1-c1ccc(Br)s1. The summed E-state index contributed by atoms with van der Waals surface area (Å²) >= 11 is 11.0. The van der Waals surface area contributed by atoms with Crippen molar-refractivity contribution in [3.63, 3.8) is 0 Å². The van der Waals surface area contributed by atoms with Crippen LogP contribution in [0.4, 0.5) is 5.69 Å². The standard InChI is InChI=1S/C13H9BrClN3S/c14-12-5-4-11(19-12)13-10(16)7-18(17-13)9-3-1-2-8(15)6-9/h1-7H,16H2. The number of thiophene rings is 1. The first-order chi connectivity index (χ1) is 9.13. The Bertz CT molecular complexity index is 735. The Hall–Kier alpha value is -1.30. The lowest BCUT2D eigenvalue weighted by Crippen LogP contribution is -1.94. The molecular formula is C13H9BrClN3S. The minimum Gasteiger partial charge on any atom is -0.396 e. The Labute approximate surface area is 127 Å². The van der Waals surface area contributed by atoms with E-state index in [9.17, 15) is 0 Å². The molecule has 0 spiro atoms. The third-order valence-corrected chi connectivity index (χ3v) is 4.49. The Morgan fingerprint density at radius 1 is 1.26 bits per heavy atom. The lowest BCUT2D eigenvalue weighted by molar-refractivity contribution is 0.885. The number of hydrogen-bond acceptors (Lipinski definition) is 3. The van der Waals surface area contributed by atoms with Crippen molar-refractivity contribution in [1.29, 1.82) is 0 Å². The van der Waals surface area contributed by atoms with E-state index in [4.69, 9.17) is 17.3 Å².